The molecule has 0 aromatic heterocycles. The van der Waals surface area contributed by atoms with Gasteiger partial charge in [0.05, 0.1) is 12.3 Å². The molecule has 1 aromatic carbocycles. The summed E-state index contributed by atoms with van der Waals surface area (Å²) in [6, 6.07) is 5.21. The van der Waals surface area contributed by atoms with Gasteiger partial charge in [0.2, 0.25) is 5.91 Å². The van der Waals surface area contributed by atoms with Crippen LogP contribution in [-0.2, 0) is 4.79 Å². The van der Waals surface area contributed by atoms with Gasteiger partial charge in [-0.2, -0.15) is 0 Å². The van der Waals surface area contributed by atoms with Crippen molar-refractivity contribution in [1.82, 2.24) is 0 Å². The molecule has 3 N–H and O–H groups in total. The molecule has 0 saturated heterocycles. The van der Waals surface area contributed by atoms with E-state index in [1.54, 1.807) is 18.2 Å². The first-order chi connectivity index (χ1) is 7.13. The molecule has 1 aromatic rings. The fourth-order valence-electron chi connectivity index (χ4n) is 1.17. The van der Waals surface area contributed by atoms with Gasteiger partial charge in [0.1, 0.15) is 5.75 Å². The Labute approximate surface area is 106 Å². The van der Waals surface area contributed by atoms with Crippen molar-refractivity contribution in [3.05, 3.63) is 18.2 Å². The Morgan fingerprint density at radius 3 is 2.69 bits per heavy atom. The molecule has 0 saturated carbocycles. The van der Waals surface area contributed by atoms with E-state index >= 15 is 0 Å². The predicted molar refractivity (Wildman–Crippen MR) is 71.3 cm³/mol. The van der Waals surface area contributed by atoms with Gasteiger partial charge in [-0.15, -0.1) is 17.0 Å². The zero-order valence-electron chi connectivity index (χ0n) is 9.45. The van der Waals surface area contributed by atoms with Gasteiger partial charge < -0.3 is 15.8 Å². The number of nitrogens with two attached hydrogens (primary N) is 1. The number of carbonyl (C=O) groups is 1. The molecule has 90 valence electrons. The maximum absolute atomic E-state index is 10.8. The molecule has 0 spiro atoms. The zero-order chi connectivity index (χ0) is 11.3. The summed E-state index contributed by atoms with van der Waals surface area (Å²) >= 11 is 0. The summed E-state index contributed by atoms with van der Waals surface area (Å²) in [6.07, 6.45) is 0.937. The van der Waals surface area contributed by atoms with E-state index in [1.807, 2.05) is 6.92 Å². The van der Waals surface area contributed by atoms with Crippen LogP contribution in [-0.4, -0.2) is 12.5 Å². The van der Waals surface area contributed by atoms with Crippen LogP contribution in [0.3, 0.4) is 0 Å². The molecular formula is C11H17BrN2O2. The van der Waals surface area contributed by atoms with Crippen LogP contribution in [0.15, 0.2) is 18.2 Å². The summed E-state index contributed by atoms with van der Waals surface area (Å²) in [7, 11) is 0. The lowest BCUT2D eigenvalue weighted by Crippen LogP contribution is -2.06. The third-order valence-corrected chi connectivity index (χ3v) is 1.79. The number of nitrogen functional groups attached to an aromatic ring is 1. The van der Waals surface area contributed by atoms with Crippen molar-refractivity contribution in [3.8, 4) is 5.75 Å². The number of amides is 1. The zero-order valence-corrected chi connectivity index (χ0v) is 11.2. The van der Waals surface area contributed by atoms with Crippen molar-refractivity contribution < 1.29 is 9.53 Å². The Hall–Kier alpha value is -1.23. The van der Waals surface area contributed by atoms with E-state index in [2.05, 4.69) is 5.32 Å². The summed E-state index contributed by atoms with van der Waals surface area (Å²) in [5.74, 6) is 0.544. The summed E-state index contributed by atoms with van der Waals surface area (Å²) in [6.45, 7) is 4.13. The number of hydrogen-bond acceptors (Lipinski definition) is 3. The van der Waals surface area contributed by atoms with Crippen molar-refractivity contribution in [1.29, 1.82) is 0 Å². The quantitative estimate of drug-likeness (QED) is 0.837. The molecule has 1 amide bonds. The molecular weight excluding hydrogens is 272 g/mol. The lowest BCUT2D eigenvalue weighted by atomic mass is 10.2. The normalized spacial score (nSPS) is 9.12. The van der Waals surface area contributed by atoms with Gasteiger partial charge in [0.15, 0.2) is 0 Å². The highest BCUT2D eigenvalue weighted by atomic mass is 79.9. The number of nitrogens with one attached hydrogen (secondary N) is 1. The van der Waals surface area contributed by atoms with Crippen molar-refractivity contribution >= 4 is 34.3 Å². The third-order valence-electron chi connectivity index (χ3n) is 1.79. The highest BCUT2D eigenvalue weighted by molar-refractivity contribution is 8.93. The molecule has 0 aliphatic rings. The van der Waals surface area contributed by atoms with Crippen LogP contribution in [0.2, 0.25) is 0 Å². The van der Waals surface area contributed by atoms with E-state index in [4.69, 9.17) is 10.5 Å². The molecule has 5 heteroatoms. The van der Waals surface area contributed by atoms with Crippen molar-refractivity contribution in [2.24, 2.45) is 0 Å². The molecule has 0 atom stereocenters. The lowest BCUT2D eigenvalue weighted by molar-refractivity contribution is -0.114. The van der Waals surface area contributed by atoms with Crippen LogP contribution in [0.25, 0.3) is 0 Å². The molecule has 0 radical (unpaired) electrons. The van der Waals surface area contributed by atoms with E-state index in [0.717, 1.165) is 6.42 Å². The van der Waals surface area contributed by atoms with Crippen molar-refractivity contribution in [2.75, 3.05) is 17.7 Å². The first kappa shape index (κ1) is 14.8. The summed E-state index contributed by atoms with van der Waals surface area (Å²) < 4.78 is 5.41. The molecule has 0 fully saturated rings. The molecule has 4 nitrogen and oxygen atoms in total. The number of carbonyl (C=O) groups excluding carboxylic acids is 1. The Morgan fingerprint density at radius 2 is 2.19 bits per heavy atom. The number of hydrogen-bond donors (Lipinski definition) is 2. The van der Waals surface area contributed by atoms with Crippen LogP contribution in [0, 0.1) is 0 Å². The van der Waals surface area contributed by atoms with Gasteiger partial charge >= 0.3 is 0 Å². The minimum absolute atomic E-state index is 0. The topological polar surface area (TPSA) is 64.3 Å². The lowest BCUT2D eigenvalue weighted by Gasteiger charge is -2.09. The molecule has 0 aliphatic carbocycles. The minimum Gasteiger partial charge on any atom is -0.491 e. The number of halogens is 1. The van der Waals surface area contributed by atoms with Gasteiger partial charge in [-0.3, -0.25) is 4.79 Å². The van der Waals surface area contributed by atoms with Crippen LogP contribution >= 0.6 is 17.0 Å². The molecule has 0 heterocycles. The Balaban J connectivity index is 0.00000225. The Bertz CT molecular complexity index is 356. The largest absolute Gasteiger partial charge is 0.491 e. The summed E-state index contributed by atoms with van der Waals surface area (Å²) in [5, 5.41) is 2.65. The second-order valence-electron chi connectivity index (χ2n) is 3.28. The first-order valence-corrected chi connectivity index (χ1v) is 4.93. The summed E-state index contributed by atoms with van der Waals surface area (Å²) in [4.78, 5) is 10.8. The second-order valence-corrected chi connectivity index (χ2v) is 3.28. The van der Waals surface area contributed by atoms with Crippen molar-refractivity contribution in [2.45, 2.75) is 20.3 Å². The third kappa shape index (κ3) is 4.53. The van der Waals surface area contributed by atoms with Gasteiger partial charge in [0.25, 0.3) is 0 Å². The number of ether oxygens (including phenoxy) is 1. The van der Waals surface area contributed by atoms with Crippen LogP contribution in [0.5, 0.6) is 5.75 Å². The molecule has 1 rings (SSSR count). The van der Waals surface area contributed by atoms with Gasteiger partial charge in [0, 0.05) is 12.6 Å². The molecule has 16 heavy (non-hydrogen) atoms. The van der Waals surface area contributed by atoms with E-state index in [1.165, 1.54) is 6.92 Å². The predicted octanol–water partition coefficient (Wildman–Crippen LogP) is 2.59. The second kappa shape index (κ2) is 7.11. The van der Waals surface area contributed by atoms with E-state index in [9.17, 15) is 4.79 Å². The molecule has 0 unspecified atom stereocenters. The van der Waals surface area contributed by atoms with Crippen molar-refractivity contribution in [3.63, 3.8) is 0 Å². The first-order valence-electron chi connectivity index (χ1n) is 4.93. The standard InChI is InChI=1S/C11H16N2O2.BrH/c1-3-6-15-11-5-4-9(7-10(11)12)13-8(2)14;/h4-5,7H,3,6,12H2,1-2H3,(H,13,14);1H. The van der Waals surface area contributed by atoms with Gasteiger partial charge in [-0.1, -0.05) is 6.92 Å². The maximum atomic E-state index is 10.8. The SMILES string of the molecule is Br.CCCOc1ccc(NC(C)=O)cc1N. The number of rotatable bonds is 4. The smallest absolute Gasteiger partial charge is 0.221 e. The average molecular weight is 289 g/mol. The van der Waals surface area contributed by atoms with Crippen LogP contribution in [0.4, 0.5) is 11.4 Å². The highest BCUT2D eigenvalue weighted by Crippen LogP contribution is 2.25. The highest BCUT2D eigenvalue weighted by Gasteiger charge is 2.02. The van der Waals surface area contributed by atoms with Crippen LogP contribution in [0.1, 0.15) is 20.3 Å². The number of benzene rings is 1. The monoisotopic (exact) mass is 288 g/mol. The fourth-order valence-corrected chi connectivity index (χ4v) is 1.17. The molecule has 0 aliphatic heterocycles. The van der Waals surface area contributed by atoms with Crippen LogP contribution < -0.4 is 15.8 Å². The minimum atomic E-state index is -0.114. The molecule has 0 bridgehead atoms. The number of anilines is 2. The van der Waals surface area contributed by atoms with E-state index in [0.29, 0.717) is 23.7 Å². The van der Waals surface area contributed by atoms with Gasteiger partial charge in [-0.05, 0) is 24.6 Å². The summed E-state index contributed by atoms with van der Waals surface area (Å²) in [5.41, 5.74) is 6.98. The average Bonchev–Trinajstić information content (AvgIpc) is 2.15. The Morgan fingerprint density at radius 1 is 1.50 bits per heavy atom. The maximum Gasteiger partial charge on any atom is 0.221 e. The van der Waals surface area contributed by atoms with E-state index < -0.39 is 0 Å². The van der Waals surface area contributed by atoms with Gasteiger partial charge in [-0.25, -0.2) is 0 Å². The van der Waals surface area contributed by atoms with E-state index in [-0.39, 0.29) is 22.9 Å². The fraction of sp³-hybridized carbons (Fsp3) is 0.364. The Kier molecular flexibility index (Phi) is 6.56.